The molecule has 3 aromatic rings. The maximum atomic E-state index is 13.3. The van der Waals surface area contributed by atoms with Gasteiger partial charge >= 0.3 is 12.1 Å². The van der Waals surface area contributed by atoms with Crippen molar-refractivity contribution in [1.82, 2.24) is 4.57 Å². The van der Waals surface area contributed by atoms with Gasteiger partial charge in [0.1, 0.15) is 0 Å². The van der Waals surface area contributed by atoms with Crippen molar-refractivity contribution in [3.8, 4) is 5.75 Å². The molecule has 0 atom stereocenters. The first-order valence-corrected chi connectivity index (χ1v) is 7.28. The molecule has 1 heterocycles. The molecule has 128 valence electrons. The molecule has 0 unspecified atom stereocenters. The van der Waals surface area contributed by atoms with E-state index < -0.39 is 23.6 Å². The summed E-state index contributed by atoms with van der Waals surface area (Å²) in [5.41, 5.74) is -0.660. The van der Waals surface area contributed by atoms with Gasteiger partial charge in [0.25, 0.3) is 5.91 Å². The number of ether oxygens (including phenoxy) is 1. The fourth-order valence-electron chi connectivity index (χ4n) is 2.61. The van der Waals surface area contributed by atoms with Crippen molar-refractivity contribution in [2.24, 2.45) is 0 Å². The van der Waals surface area contributed by atoms with Gasteiger partial charge in [0.05, 0.1) is 22.7 Å². The number of benzene rings is 2. The maximum absolute atomic E-state index is 13.3. The molecule has 0 bridgehead atoms. The quantitative estimate of drug-likeness (QED) is 0.650. The van der Waals surface area contributed by atoms with Gasteiger partial charge in [-0.15, -0.1) is 0 Å². The molecular formula is C18H12F3NO3. The normalized spacial score (nSPS) is 11.5. The molecular weight excluding hydrogens is 335 g/mol. The summed E-state index contributed by atoms with van der Waals surface area (Å²) in [5, 5.41) is -0.325. The van der Waals surface area contributed by atoms with Crippen LogP contribution in [0, 0.1) is 0 Å². The highest BCUT2D eigenvalue weighted by Gasteiger charge is 2.35. The van der Waals surface area contributed by atoms with E-state index in [-0.39, 0.29) is 16.7 Å². The minimum absolute atomic E-state index is 0.0138. The Hall–Kier alpha value is -3.09. The van der Waals surface area contributed by atoms with Gasteiger partial charge in [-0.05, 0) is 24.3 Å². The van der Waals surface area contributed by atoms with E-state index in [9.17, 15) is 22.8 Å². The van der Waals surface area contributed by atoms with Crippen LogP contribution in [0.3, 0.4) is 0 Å². The fourth-order valence-corrected chi connectivity index (χ4v) is 2.61. The average Bonchev–Trinajstić information content (AvgIpc) is 2.92. The molecule has 0 spiro atoms. The molecule has 0 aliphatic rings. The topological polar surface area (TPSA) is 48.3 Å². The van der Waals surface area contributed by atoms with Crippen LogP contribution >= 0.6 is 0 Å². The van der Waals surface area contributed by atoms with Crippen molar-refractivity contribution in [3.05, 3.63) is 65.9 Å². The minimum atomic E-state index is -4.66. The number of hydrogen-bond donors (Lipinski definition) is 0. The van der Waals surface area contributed by atoms with Crippen LogP contribution in [0.25, 0.3) is 10.9 Å². The van der Waals surface area contributed by atoms with Crippen LogP contribution in [0.2, 0.25) is 0 Å². The van der Waals surface area contributed by atoms with Crippen LogP contribution in [0.1, 0.15) is 22.8 Å². The standard InChI is InChI=1S/C18H12F3NO3/c1-11(23)25-15-10-22(17(24)12-6-3-2-4-7-12)14-9-5-8-13(16(14)15)18(19,20)21/h2-10H,1H3. The molecule has 0 fully saturated rings. The number of halogens is 3. The molecule has 4 nitrogen and oxygen atoms in total. The molecule has 0 N–H and O–H groups in total. The van der Waals surface area contributed by atoms with Crippen molar-refractivity contribution in [2.45, 2.75) is 13.1 Å². The van der Waals surface area contributed by atoms with Gasteiger partial charge < -0.3 is 4.74 Å². The molecule has 0 amide bonds. The number of carbonyl (C=O) groups excluding carboxylic acids is 2. The summed E-state index contributed by atoms with van der Waals surface area (Å²) in [4.78, 5) is 23.9. The monoisotopic (exact) mass is 347 g/mol. The van der Waals surface area contributed by atoms with Crippen molar-refractivity contribution in [3.63, 3.8) is 0 Å². The van der Waals surface area contributed by atoms with Crippen molar-refractivity contribution in [1.29, 1.82) is 0 Å². The van der Waals surface area contributed by atoms with Gasteiger partial charge in [-0.1, -0.05) is 24.3 Å². The van der Waals surface area contributed by atoms with Crippen LogP contribution in [0.5, 0.6) is 5.75 Å². The zero-order chi connectivity index (χ0) is 18.2. The maximum Gasteiger partial charge on any atom is 0.417 e. The Morgan fingerprint density at radius 3 is 2.28 bits per heavy atom. The van der Waals surface area contributed by atoms with E-state index in [0.29, 0.717) is 5.56 Å². The number of hydrogen-bond acceptors (Lipinski definition) is 3. The third-order valence-electron chi connectivity index (χ3n) is 3.59. The van der Waals surface area contributed by atoms with Gasteiger partial charge in [-0.2, -0.15) is 13.2 Å². The molecule has 0 aliphatic heterocycles. The number of rotatable bonds is 2. The van der Waals surface area contributed by atoms with E-state index >= 15 is 0 Å². The van der Waals surface area contributed by atoms with Crippen molar-refractivity contribution < 1.29 is 27.5 Å². The Morgan fingerprint density at radius 2 is 1.68 bits per heavy atom. The largest absolute Gasteiger partial charge is 0.424 e. The Labute approximate surface area is 140 Å². The Balaban J connectivity index is 2.28. The first kappa shape index (κ1) is 16.8. The predicted molar refractivity (Wildman–Crippen MR) is 84.4 cm³/mol. The van der Waals surface area contributed by atoms with E-state index in [2.05, 4.69) is 0 Å². The molecule has 0 saturated carbocycles. The van der Waals surface area contributed by atoms with E-state index in [4.69, 9.17) is 4.74 Å². The van der Waals surface area contributed by atoms with Crippen LogP contribution < -0.4 is 4.74 Å². The smallest absolute Gasteiger partial charge is 0.417 e. The summed E-state index contributed by atoms with van der Waals surface area (Å²) in [6.45, 7) is 1.08. The fraction of sp³-hybridized carbons (Fsp3) is 0.111. The molecule has 7 heteroatoms. The van der Waals surface area contributed by atoms with Gasteiger partial charge in [0.15, 0.2) is 5.75 Å². The summed E-state index contributed by atoms with van der Waals surface area (Å²) in [6.07, 6.45) is -3.55. The van der Waals surface area contributed by atoms with Crippen molar-refractivity contribution >= 4 is 22.8 Å². The lowest BCUT2D eigenvalue weighted by Gasteiger charge is -2.10. The summed E-state index contributed by atoms with van der Waals surface area (Å²) >= 11 is 0. The van der Waals surface area contributed by atoms with E-state index in [0.717, 1.165) is 23.8 Å². The molecule has 3 rings (SSSR count). The number of fused-ring (bicyclic) bond motifs is 1. The number of carbonyl (C=O) groups is 2. The van der Waals surface area contributed by atoms with Crippen molar-refractivity contribution in [2.75, 3.05) is 0 Å². The van der Waals surface area contributed by atoms with Crippen LogP contribution in [0.4, 0.5) is 13.2 Å². The zero-order valence-corrected chi connectivity index (χ0v) is 13.0. The lowest BCUT2D eigenvalue weighted by atomic mass is 10.1. The Kier molecular flexibility index (Phi) is 4.08. The lowest BCUT2D eigenvalue weighted by molar-refractivity contribution is -0.137. The van der Waals surface area contributed by atoms with Crippen LogP contribution in [-0.4, -0.2) is 16.4 Å². The summed E-state index contributed by atoms with van der Waals surface area (Å²) in [5.74, 6) is -1.61. The lowest BCUT2D eigenvalue weighted by Crippen LogP contribution is -2.11. The second-order valence-corrected chi connectivity index (χ2v) is 5.33. The van der Waals surface area contributed by atoms with Crippen LogP contribution in [-0.2, 0) is 11.0 Å². The number of nitrogens with zero attached hydrogens (tertiary/aromatic N) is 1. The predicted octanol–water partition coefficient (Wildman–Crippen LogP) is 4.27. The molecule has 2 aromatic carbocycles. The second-order valence-electron chi connectivity index (χ2n) is 5.33. The number of aromatic nitrogens is 1. The molecule has 0 radical (unpaired) electrons. The molecule has 0 aliphatic carbocycles. The highest BCUT2D eigenvalue weighted by atomic mass is 19.4. The highest BCUT2D eigenvalue weighted by Crippen LogP contribution is 2.40. The SMILES string of the molecule is CC(=O)Oc1cn(C(=O)c2ccccc2)c2cccc(C(F)(F)F)c12. The third-order valence-corrected chi connectivity index (χ3v) is 3.59. The average molecular weight is 347 g/mol. The Bertz CT molecular complexity index is 959. The summed E-state index contributed by atoms with van der Waals surface area (Å²) < 4.78 is 46.0. The number of esters is 1. The highest BCUT2D eigenvalue weighted by molar-refractivity contribution is 6.05. The third kappa shape index (κ3) is 3.13. The van der Waals surface area contributed by atoms with E-state index in [1.165, 1.54) is 12.1 Å². The zero-order valence-electron chi connectivity index (χ0n) is 13.0. The number of alkyl halides is 3. The summed E-state index contributed by atoms with van der Waals surface area (Å²) in [7, 11) is 0. The molecule has 0 saturated heterocycles. The summed E-state index contributed by atoms with van der Waals surface area (Å²) in [6, 6.07) is 11.6. The van der Waals surface area contributed by atoms with Gasteiger partial charge in [0.2, 0.25) is 0 Å². The second kappa shape index (κ2) is 6.08. The molecule has 25 heavy (non-hydrogen) atoms. The van der Waals surface area contributed by atoms with Gasteiger partial charge in [-0.3, -0.25) is 14.2 Å². The van der Waals surface area contributed by atoms with Gasteiger partial charge in [0, 0.05) is 12.5 Å². The van der Waals surface area contributed by atoms with E-state index in [1.807, 2.05) is 0 Å². The van der Waals surface area contributed by atoms with Gasteiger partial charge in [-0.25, -0.2) is 0 Å². The van der Waals surface area contributed by atoms with E-state index in [1.54, 1.807) is 30.3 Å². The van der Waals surface area contributed by atoms with Crippen LogP contribution in [0.15, 0.2) is 54.7 Å². The first-order valence-electron chi connectivity index (χ1n) is 7.28. The molecule has 1 aromatic heterocycles. The minimum Gasteiger partial charge on any atom is -0.424 e. The first-order chi connectivity index (χ1) is 11.8. The Morgan fingerprint density at radius 1 is 1.00 bits per heavy atom.